The van der Waals surface area contributed by atoms with Crippen LogP contribution in [0.3, 0.4) is 0 Å². The van der Waals surface area contributed by atoms with Crippen LogP contribution in [-0.2, 0) is 51.2 Å². The number of methoxy groups -OCH3 is 5. The number of carbonyl (C=O) groups excluding carboxylic acids is 2. The van der Waals surface area contributed by atoms with Gasteiger partial charge in [-0.1, -0.05) is 139 Å². The number of ketones is 2. The van der Waals surface area contributed by atoms with E-state index in [1.54, 1.807) is 35.5 Å². The number of aliphatic hydroxyl groups is 1. The molecule has 8 unspecified atom stereocenters. The third-order valence-corrected chi connectivity index (χ3v) is 18.6. The zero-order valence-electron chi connectivity index (χ0n) is 56.0. The van der Waals surface area contributed by atoms with Crippen molar-refractivity contribution < 1.29 is 43.1 Å². The van der Waals surface area contributed by atoms with Gasteiger partial charge in [-0.05, 0) is 209 Å². The van der Waals surface area contributed by atoms with Gasteiger partial charge in [0.2, 0.25) is 0 Å². The van der Waals surface area contributed by atoms with E-state index in [9.17, 15) is 14.7 Å². The topological polar surface area (TPSA) is 174 Å². The molecule has 6 N–H and O–H groups in total. The van der Waals surface area contributed by atoms with Gasteiger partial charge in [0.25, 0.3) is 0 Å². The fourth-order valence-corrected chi connectivity index (χ4v) is 13.5. The van der Waals surface area contributed by atoms with Gasteiger partial charge >= 0.3 is 0 Å². The number of nitrogen functional groups attached to an aromatic ring is 1. The maximum atomic E-state index is 11.2. The maximum Gasteiger partial charge on any atom is 0.161 e. The van der Waals surface area contributed by atoms with Gasteiger partial charge in [0.05, 0.1) is 47.3 Å². The minimum absolute atomic E-state index is 0.0839. The van der Waals surface area contributed by atoms with Crippen LogP contribution in [0.25, 0.3) is 0 Å². The predicted octanol–water partition coefficient (Wildman–Crippen LogP) is 16.6. The summed E-state index contributed by atoms with van der Waals surface area (Å²) in [6.07, 6.45) is 31.0. The number of rotatable bonds is 17. The standard InChI is InChI=1S/C21H32O4.C15H22O.C14H21N.C11H12O2.C7H12O2.C6H7N.C3H9N/c1-23-20-10-7-15(13-21(20)24-2)11-12-25-19-6-4-3-5-18(19)16-8-9-17(22)14-16;1-3-4-6-12-9-10-14-13(11-12)7-5-8-15(14)16-2;1-2-12-8-6-7-11-14(12)15-13-9-4-3-5-10-13;1-13-11-4-2-3-8-7-9(12)5-6-10(8)11;1-9-7-5-3-2-4-6(7)8;7-6-4-2-1-3-5-6;1-2-3-4/h7,10,13,16-19,22H,3-6,8-9,11-12,14H2,1-2H3;5,7-8,12H,3-4,6,9-11H2,1-2H3;3-5,9-10,12,14-15H,2,6-8,11H2,1H3;2-4H,5-7H2,1H3;7H,2-5H2,1H3;1-5H,7H2;2-4H2,1H3. The minimum atomic E-state index is -0.0845. The molecular weight excluding hydrogens is 1110 g/mol. The fourth-order valence-electron chi connectivity index (χ4n) is 13.5. The number of unbranched alkanes of at least 4 members (excludes halogenated alkanes) is 1. The highest BCUT2D eigenvalue weighted by atomic mass is 16.5. The lowest BCUT2D eigenvalue weighted by molar-refractivity contribution is -0.131. The van der Waals surface area contributed by atoms with E-state index < -0.39 is 0 Å². The summed E-state index contributed by atoms with van der Waals surface area (Å²) in [5.41, 5.74) is 19.0. The normalized spacial score (nSPS) is 22.3. The first-order valence-corrected chi connectivity index (χ1v) is 34.1. The molecule has 8 atom stereocenters. The number of aliphatic hydroxyl groups excluding tert-OH is 1. The second kappa shape index (κ2) is 43.0. The Hall–Kier alpha value is -5.92. The number of benzene rings is 5. The molecule has 6 aliphatic carbocycles. The van der Waals surface area contributed by atoms with Crippen LogP contribution in [0.4, 0.5) is 11.4 Å². The third kappa shape index (κ3) is 26.1. The predicted molar refractivity (Wildman–Crippen MR) is 367 cm³/mol. The van der Waals surface area contributed by atoms with E-state index in [-0.39, 0.29) is 18.0 Å². The maximum absolute atomic E-state index is 11.2. The number of Topliss-reactive ketones (excluding diaryl/α,β-unsaturated/α-hetero) is 2. The molecule has 0 amide bonds. The van der Waals surface area contributed by atoms with Gasteiger partial charge in [-0.2, -0.15) is 0 Å². The summed E-state index contributed by atoms with van der Waals surface area (Å²) in [6, 6.07) is 39.3. The Bertz CT molecular complexity index is 2700. The van der Waals surface area contributed by atoms with E-state index in [0.29, 0.717) is 42.6 Å². The molecule has 0 radical (unpaired) electrons. The van der Waals surface area contributed by atoms with Gasteiger partial charge in [0.1, 0.15) is 23.4 Å². The quantitative estimate of drug-likeness (QED) is 0.0650. The highest BCUT2D eigenvalue weighted by molar-refractivity contribution is 5.84. The number of hydrogen-bond donors (Lipinski definition) is 4. The van der Waals surface area contributed by atoms with Crippen molar-refractivity contribution in [2.24, 2.45) is 29.4 Å². The summed E-state index contributed by atoms with van der Waals surface area (Å²) in [7, 11) is 8.38. The lowest BCUT2D eigenvalue weighted by Crippen LogP contribution is -2.33. The van der Waals surface area contributed by atoms with Gasteiger partial charge < -0.3 is 50.3 Å². The molecule has 492 valence electrons. The number of ether oxygens (including phenoxy) is 6. The van der Waals surface area contributed by atoms with Crippen molar-refractivity contribution in [2.45, 2.75) is 218 Å². The molecule has 5 aromatic carbocycles. The van der Waals surface area contributed by atoms with E-state index in [1.807, 2.05) is 60.7 Å². The van der Waals surface area contributed by atoms with E-state index in [1.165, 1.54) is 131 Å². The van der Waals surface area contributed by atoms with Crippen LogP contribution in [0.15, 0.2) is 115 Å². The second-order valence-electron chi connectivity index (χ2n) is 24.9. The third-order valence-electron chi connectivity index (χ3n) is 18.6. The fraction of sp³-hybridized carbons (Fsp3) is 0.584. The number of nitrogens with two attached hydrogens (primary N) is 2. The number of anilines is 2. The molecule has 6 aliphatic rings. The summed E-state index contributed by atoms with van der Waals surface area (Å²) in [4.78, 5) is 22.1. The number of fused-ring (bicyclic) bond motifs is 2. The molecule has 89 heavy (non-hydrogen) atoms. The molecule has 4 fully saturated rings. The van der Waals surface area contributed by atoms with E-state index >= 15 is 0 Å². The molecule has 0 heterocycles. The zero-order valence-corrected chi connectivity index (χ0v) is 56.0. The van der Waals surface area contributed by atoms with Gasteiger partial charge in [0, 0.05) is 43.8 Å². The van der Waals surface area contributed by atoms with Crippen molar-refractivity contribution in [3.05, 3.63) is 143 Å². The van der Waals surface area contributed by atoms with E-state index in [2.05, 4.69) is 80.7 Å². The smallest absolute Gasteiger partial charge is 0.161 e. The summed E-state index contributed by atoms with van der Waals surface area (Å²) >= 11 is 0. The SMILES string of the molecule is CCC1CCCCC1Nc1ccccc1.CCCCC1CCc2c(cccc2OC)C1.CCCN.COC1CCCCC1=O.COc1ccc(CCOC2CCCCC2C2CCC(O)C2)cc1OC.COc1cccc2c1CCC(=O)C2.Nc1ccccc1. The van der Waals surface area contributed by atoms with Crippen molar-refractivity contribution in [1.29, 1.82) is 0 Å². The number of para-hydroxylation sites is 2. The van der Waals surface area contributed by atoms with Crippen LogP contribution in [0, 0.1) is 23.7 Å². The van der Waals surface area contributed by atoms with Crippen molar-refractivity contribution in [3.63, 3.8) is 0 Å². The molecular formula is C77H115N3O9. The van der Waals surface area contributed by atoms with Crippen molar-refractivity contribution in [3.8, 4) is 23.0 Å². The number of nitrogens with one attached hydrogen (secondary N) is 1. The zero-order chi connectivity index (χ0) is 64.0. The Morgan fingerprint density at radius 1 is 0.596 bits per heavy atom. The lowest BCUT2D eigenvalue weighted by Gasteiger charge is -2.35. The molecule has 4 saturated carbocycles. The molecule has 12 heteroatoms. The second-order valence-corrected chi connectivity index (χ2v) is 24.9. The van der Waals surface area contributed by atoms with Gasteiger partial charge in [0.15, 0.2) is 17.3 Å². The van der Waals surface area contributed by atoms with Crippen LogP contribution < -0.4 is 35.7 Å². The summed E-state index contributed by atoms with van der Waals surface area (Å²) in [5, 5.41) is 13.6. The summed E-state index contributed by atoms with van der Waals surface area (Å²) < 4.78 is 32.6. The van der Waals surface area contributed by atoms with Gasteiger partial charge in [-0.15, -0.1) is 0 Å². The van der Waals surface area contributed by atoms with Crippen molar-refractivity contribution in [1.82, 2.24) is 0 Å². The van der Waals surface area contributed by atoms with Crippen molar-refractivity contribution >= 4 is 22.9 Å². The molecule has 0 saturated heterocycles. The average Bonchev–Trinajstić information content (AvgIpc) is 2.67. The Kier molecular flexibility index (Phi) is 35.6. The molecule has 0 spiro atoms. The van der Waals surface area contributed by atoms with Gasteiger partial charge in [-0.3, -0.25) is 9.59 Å². The Morgan fingerprint density at radius 3 is 1.83 bits per heavy atom. The molecule has 0 aromatic heterocycles. The Balaban J connectivity index is 0.000000200. The van der Waals surface area contributed by atoms with Crippen LogP contribution >= 0.6 is 0 Å². The Morgan fingerprint density at radius 2 is 1.24 bits per heavy atom. The van der Waals surface area contributed by atoms with E-state index in [0.717, 1.165) is 117 Å². The first kappa shape index (κ1) is 73.8. The van der Waals surface area contributed by atoms with Crippen LogP contribution in [0.1, 0.15) is 190 Å². The van der Waals surface area contributed by atoms with Gasteiger partial charge in [-0.25, -0.2) is 0 Å². The van der Waals surface area contributed by atoms with Crippen LogP contribution in [-0.4, -0.2) is 89.7 Å². The number of hydrogen-bond acceptors (Lipinski definition) is 12. The minimum Gasteiger partial charge on any atom is -0.496 e. The highest BCUT2D eigenvalue weighted by Gasteiger charge is 2.36. The van der Waals surface area contributed by atoms with E-state index in [4.69, 9.17) is 39.9 Å². The first-order valence-electron chi connectivity index (χ1n) is 34.1. The lowest BCUT2D eigenvalue weighted by atomic mass is 9.77. The number of carbonyl (C=O) groups is 2. The molecule has 12 nitrogen and oxygen atoms in total. The average molecular weight is 1230 g/mol. The highest BCUT2D eigenvalue weighted by Crippen LogP contribution is 2.41. The monoisotopic (exact) mass is 1230 g/mol. The first-order chi connectivity index (χ1) is 43.4. The molecule has 0 bridgehead atoms. The summed E-state index contributed by atoms with van der Waals surface area (Å²) in [6.45, 7) is 8.21. The summed E-state index contributed by atoms with van der Waals surface area (Å²) in [5.74, 6) is 7.23. The Labute approximate surface area is 537 Å². The molecule has 5 aromatic rings. The van der Waals surface area contributed by atoms with Crippen LogP contribution in [0.5, 0.6) is 23.0 Å². The largest absolute Gasteiger partial charge is 0.496 e. The molecule has 11 rings (SSSR count). The molecule has 0 aliphatic heterocycles. The van der Waals surface area contributed by atoms with Crippen molar-refractivity contribution in [2.75, 3.05) is 59.8 Å². The van der Waals surface area contributed by atoms with Crippen LogP contribution in [0.2, 0.25) is 0 Å².